The summed E-state index contributed by atoms with van der Waals surface area (Å²) in [4.78, 5) is 10.5. The molecule has 0 rings (SSSR count). The van der Waals surface area contributed by atoms with Crippen LogP contribution in [0, 0.1) is 0 Å². The Bertz CT molecular complexity index is 275. The predicted molar refractivity (Wildman–Crippen MR) is 77.4 cm³/mol. The standard InChI is InChI=1S/C16H26O2/c1-3-4-5-6-7-8-9-10-11-12-13-14-15-18-16(2)17/h3-4,10-13H,5-9,14-15H2,1-2H3/b4-3+,11-10+,13-12+. The third-order valence-corrected chi connectivity index (χ3v) is 2.45. The summed E-state index contributed by atoms with van der Waals surface area (Å²) < 4.78 is 4.81. The summed E-state index contributed by atoms with van der Waals surface area (Å²) in [7, 11) is 0. The lowest BCUT2D eigenvalue weighted by molar-refractivity contribution is -0.140. The lowest BCUT2D eigenvalue weighted by Gasteiger charge is -1.96. The van der Waals surface area contributed by atoms with Crippen LogP contribution in [-0.4, -0.2) is 12.6 Å². The summed E-state index contributed by atoms with van der Waals surface area (Å²) in [5.41, 5.74) is 0. The minimum atomic E-state index is -0.211. The van der Waals surface area contributed by atoms with E-state index in [2.05, 4.69) is 31.2 Å². The molecule has 0 aromatic rings. The van der Waals surface area contributed by atoms with Crippen molar-refractivity contribution in [2.45, 2.75) is 52.4 Å². The van der Waals surface area contributed by atoms with E-state index < -0.39 is 0 Å². The molecular weight excluding hydrogens is 224 g/mol. The highest BCUT2D eigenvalue weighted by Gasteiger charge is 1.88. The molecule has 0 aromatic heterocycles. The van der Waals surface area contributed by atoms with E-state index in [1.165, 1.54) is 32.6 Å². The van der Waals surface area contributed by atoms with Crippen LogP contribution in [0.4, 0.5) is 0 Å². The minimum absolute atomic E-state index is 0.211. The van der Waals surface area contributed by atoms with Gasteiger partial charge in [0.25, 0.3) is 0 Å². The lowest BCUT2D eigenvalue weighted by atomic mass is 10.1. The quantitative estimate of drug-likeness (QED) is 0.245. The number of carbonyl (C=O) groups is 1. The van der Waals surface area contributed by atoms with Crippen molar-refractivity contribution in [2.75, 3.05) is 6.61 Å². The summed E-state index contributed by atoms with van der Waals surface area (Å²) in [6, 6.07) is 0. The van der Waals surface area contributed by atoms with Gasteiger partial charge < -0.3 is 4.74 Å². The summed E-state index contributed by atoms with van der Waals surface area (Å²) in [6.07, 6.45) is 19.6. The largest absolute Gasteiger partial charge is 0.466 e. The Morgan fingerprint density at radius 1 is 0.944 bits per heavy atom. The van der Waals surface area contributed by atoms with E-state index in [0.717, 1.165) is 12.8 Å². The van der Waals surface area contributed by atoms with E-state index in [-0.39, 0.29) is 5.97 Å². The summed E-state index contributed by atoms with van der Waals surface area (Å²) in [5, 5.41) is 0. The van der Waals surface area contributed by atoms with Gasteiger partial charge in [0, 0.05) is 6.92 Å². The molecule has 102 valence electrons. The third-order valence-electron chi connectivity index (χ3n) is 2.45. The van der Waals surface area contributed by atoms with Gasteiger partial charge in [-0.3, -0.25) is 4.79 Å². The van der Waals surface area contributed by atoms with Gasteiger partial charge in [-0.25, -0.2) is 0 Å². The first-order valence-electron chi connectivity index (χ1n) is 6.83. The van der Waals surface area contributed by atoms with E-state index in [9.17, 15) is 4.79 Å². The average molecular weight is 250 g/mol. The molecule has 0 aliphatic carbocycles. The fraction of sp³-hybridized carbons (Fsp3) is 0.562. The van der Waals surface area contributed by atoms with Crippen molar-refractivity contribution in [3.63, 3.8) is 0 Å². The molecule has 0 unspecified atom stereocenters. The van der Waals surface area contributed by atoms with Crippen molar-refractivity contribution in [1.29, 1.82) is 0 Å². The van der Waals surface area contributed by atoms with E-state index >= 15 is 0 Å². The normalized spacial score (nSPS) is 11.9. The van der Waals surface area contributed by atoms with Gasteiger partial charge in [-0.05, 0) is 39.0 Å². The molecule has 0 N–H and O–H groups in total. The van der Waals surface area contributed by atoms with E-state index in [1.54, 1.807) is 0 Å². The number of rotatable bonds is 10. The predicted octanol–water partition coefficient (Wildman–Crippen LogP) is 4.58. The molecule has 0 spiro atoms. The summed E-state index contributed by atoms with van der Waals surface area (Å²) >= 11 is 0. The first kappa shape index (κ1) is 16.7. The SMILES string of the molecule is C/C=C/CCCCC/C=C/C=C/CCOC(C)=O. The maximum atomic E-state index is 10.5. The summed E-state index contributed by atoms with van der Waals surface area (Å²) in [5.74, 6) is -0.211. The van der Waals surface area contributed by atoms with Gasteiger partial charge in [-0.1, -0.05) is 42.9 Å². The van der Waals surface area contributed by atoms with E-state index in [1.807, 2.05) is 12.2 Å². The topological polar surface area (TPSA) is 26.3 Å². The zero-order chi connectivity index (χ0) is 13.5. The molecule has 0 radical (unpaired) electrons. The van der Waals surface area contributed by atoms with Gasteiger partial charge >= 0.3 is 5.97 Å². The molecule has 0 bridgehead atoms. The molecule has 2 heteroatoms. The van der Waals surface area contributed by atoms with E-state index in [4.69, 9.17) is 4.74 Å². The molecule has 0 saturated carbocycles. The van der Waals surface area contributed by atoms with Crippen LogP contribution in [0.2, 0.25) is 0 Å². The highest BCUT2D eigenvalue weighted by molar-refractivity contribution is 5.65. The van der Waals surface area contributed by atoms with Crippen molar-refractivity contribution in [3.05, 3.63) is 36.5 Å². The second-order valence-corrected chi connectivity index (χ2v) is 4.19. The van der Waals surface area contributed by atoms with Gasteiger partial charge in [0.05, 0.1) is 6.61 Å². The number of allylic oxidation sites excluding steroid dienone is 5. The van der Waals surface area contributed by atoms with Crippen LogP contribution in [0.5, 0.6) is 0 Å². The van der Waals surface area contributed by atoms with E-state index in [0.29, 0.717) is 6.61 Å². The van der Waals surface area contributed by atoms with Crippen LogP contribution in [-0.2, 0) is 9.53 Å². The van der Waals surface area contributed by atoms with Crippen molar-refractivity contribution in [1.82, 2.24) is 0 Å². The minimum Gasteiger partial charge on any atom is -0.466 e. The summed E-state index contributed by atoms with van der Waals surface area (Å²) in [6.45, 7) is 3.97. The van der Waals surface area contributed by atoms with Crippen LogP contribution < -0.4 is 0 Å². The first-order valence-corrected chi connectivity index (χ1v) is 6.83. The van der Waals surface area contributed by atoms with Crippen molar-refractivity contribution in [3.8, 4) is 0 Å². The second kappa shape index (κ2) is 13.8. The molecule has 0 aromatic carbocycles. The zero-order valence-electron chi connectivity index (χ0n) is 11.7. The molecule has 18 heavy (non-hydrogen) atoms. The Hall–Kier alpha value is -1.31. The first-order chi connectivity index (χ1) is 8.77. The maximum absolute atomic E-state index is 10.5. The van der Waals surface area contributed by atoms with Crippen molar-refractivity contribution >= 4 is 5.97 Å². The van der Waals surface area contributed by atoms with Crippen LogP contribution in [0.15, 0.2) is 36.5 Å². The van der Waals surface area contributed by atoms with Gasteiger partial charge in [0.1, 0.15) is 0 Å². The van der Waals surface area contributed by atoms with Crippen LogP contribution in [0.3, 0.4) is 0 Å². The van der Waals surface area contributed by atoms with Crippen LogP contribution in [0.1, 0.15) is 52.4 Å². The lowest BCUT2D eigenvalue weighted by Crippen LogP contribution is -1.98. The molecule has 0 heterocycles. The molecule has 2 nitrogen and oxygen atoms in total. The number of esters is 1. The Kier molecular flexibility index (Phi) is 12.8. The van der Waals surface area contributed by atoms with Gasteiger partial charge in [0.2, 0.25) is 0 Å². The van der Waals surface area contributed by atoms with Crippen molar-refractivity contribution < 1.29 is 9.53 Å². The Labute approximate surface area is 111 Å². The van der Waals surface area contributed by atoms with Crippen LogP contribution >= 0.6 is 0 Å². The number of unbranched alkanes of at least 4 members (excludes halogenated alkanes) is 4. The van der Waals surface area contributed by atoms with Gasteiger partial charge in [-0.2, -0.15) is 0 Å². The fourth-order valence-electron chi connectivity index (χ4n) is 1.49. The average Bonchev–Trinajstić information content (AvgIpc) is 2.34. The maximum Gasteiger partial charge on any atom is 0.302 e. The molecular formula is C16H26O2. The van der Waals surface area contributed by atoms with Gasteiger partial charge in [0.15, 0.2) is 0 Å². The van der Waals surface area contributed by atoms with Crippen molar-refractivity contribution in [2.24, 2.45) is 0 Å². The highest BCUT2D eigenvalue weighted by Crippen LogP contribution is 2.04. The molecule has 0 amide bonds. The molecule has 0 atom stereocenters. The zero-order valence-corrected chi connectivity index (χ0v) is 11.7. The molecule has 0 fully saturated rings. The number of hydrogen-bond acceptors (Lipinski definition) is 2. The number of hydrogen-bond donors (Lipinski definition) is 0. The fourth-order valence-corrected chi connectivity index (χ4v) is 1.49. The second-order valence-electron chi connectivity index (χ2n) is 4.19. The Morgan fingerprint density at radius 2 is 1.56 bits per heavy atom. The molecule has 0 aliphatic rings. The Morgan fingerprint density at radius 3 is 2.17 bits per heavy atom. The third kappa shape index (κ3) is 14.7. The monoisotopic (exact) mass is 250 g/mol. The molecule has 0 saturated heterocycles. The highest BCUT2D eigenvalue weighted by atomic mass is 16.5. The number of carbonyl (C=O) groups excluding carboxylic acids is 1. The molecule has 0 aliphatic heterocycles. The smallest absolute Gasteiger partial charge is 0.302 e. The Balaban J connectivity index is 3.26. The van der Waals surface area contributed by atoms with Crippen LogP contribution in [0.25, 0.3) is 0 Å². The van der Waals surface area contributed by atoms with Gasteiger partial charge in [-0.15, -0.1) is 0 Å². The number of ether oxygens (including phenoxy) is 1.